The van der Waals surface area contributed by atoms with E-state index in [-0.39, 0.29) is 24.8 Å². The van der Waals surface area contributed by atoms with Gasteiger partial charge in [0.1, 0.15) is 17.9 Å². The standard InChI is InChI=1S/C22H24N4O4/c1-22(2)20(28)26(21(29)24-22)13-12-19(27)25-23-14-16-8-10-18(11-9-16)30-15-17-6-4-3-5-7-17/h3-11,14H,12-13,15H2,1-2H3,(H,24,29)(H,25,27)/b23-14-. The molecule has 4 amide bonds. The molecular weight excluding hydrogens is 384 g/mol. The van der Waals surface area contributed by atoms with E-state index >= 15 is 0 Å². The van der Waals surface area contributed by atoms with Crippen molar-refractivity contribution in [2.45, 2.75) is 32.4 Å². The second kappa shape index (κ2) is 9.21. The molecule has 3 rings (SSSR count). The molecule has 0 spiro atoms. The molecule has 1 aliphatic heterocycles. The molecule has 1 fully saturated rings. The quantitative estimate of drug-likeness (QED) is 0.398. The van der Waals surface area contributed by atoms with Crippen LogP contribution in [0, 0.1) is 0 Å². The van der Waals surface area contributed by atoms with E-state index in [0.717, 1.165) is 21.8 Å². The maximum Gasteiger partial charge on any atom is 0.325 e. The molecule has 0 atom stereocenters. The molecule has 0 aromatic heterocycles. The Morgan fingerprint density at radius 2 is 1.83 bits per heavy atom. The molecule has 156 valence electrons. The Hall–Kier alpha value is -3.68. The number of benzene rings is 2. The van der Waals surface area contributed by atoms with Gasteiger partial charge in [0, 0.05) is 13.0 Å². The van der Waals surface area contributed by atoms with Crippen LogP contribution in [0.3, 0.4) is 0 Å². The highest BCUT2D eigenvalue weighted by atomic mass is 16.5. The van der Waals surface area contributed by atoms with Crippen molar-refractivity contribution in [3.8, 4) is 5.75 Å². The van der Waals surface area contributed by atoms with Crippen LogP contribution in [0.2, 0.25) is 0 Å². The van der Waals surface area contributed by atoms with Gasteiger partial charge in [-0.05, 0) is 49.2 Å². The van der Waals surface area contributed by atoms with Gasteiger partial charge in [0.05, 0.1) is 6.21 Å². The third-order valence-electron chi connectivity index (χ3n) is 4.54. The Bertz CT molecular complexity index is 939. The second-order valence-corrected chi connectivity index (χ2v) is 7.40. The summed E-state index contributed by atoms with van der Waals surface area (Å²) < 4.78 is 5.72. The molecule has 30 heavy (non-hydrogen) atoms. The van der Waals surface area contributed by atoms with Crippen LogP contribution in [0.25, 0.3) is 0 Å². The van der Waals surface area contributed by atoms with Gasteiger partial charge in [-0.15, -0.1) is 0 Å². The minimum Gasteiger partial charge on any atom is -0.489 e. The lowest BCUT2D eigenvalue weighted by atomic mass is 10.1. The minimum absolute atomic E-state index is 0.00288. The lowest BCUT2D eigenvalue weighted by molar-refractivity contribution is -0.130. The van der Waals surface area contributed by atoms with Crippen LogP contribution in [-0.2, 0) is 16.2 Å². The molecule has 8 heteroatoms. The molecule has 1 aliphatic rings. The maximum atomic E-state index is 12.1. The van der Waals surface area contributed by atoms with E-state index in [2.05, 4.69) is 15.8 Å². The van der Waals surface area contributed by atoms with Gasteiger partial charge in [-0.3, -0.25) is 14.5 Å². The Balaban J connectivity index is 1.42. The van der Waals surface area contributed by atoms with Crippen LogP contribution < -0.4 is 15.5 Å². The zero-order valence-electron chi connectivity index (χ0n) is 16.9. The van der Waals surface area contributed by atoms with Gasteiger partial charge in [0.25, 0.3) is 5.91 Å². The first-order valence-electron chi connectivity index (χ1n) is 9.58. The van der Waals surface area contributed by atoms with Crippen LogP contribution in [0.4, 0.5) is 4.79 Å². The highest BCUT2D eigenvalue weighted by Gasteiger charge is 2.43. The fourth-order valence-corrected chi connectivity index (χ4v) is 2.86. The number of ether oxygens (including phenoxy) is 1. The third kappa shape index (κ3) is 5.44. The van der Waals surface area contributed by atoms with Crippen molar-refractivity contribution < 1.29 is 19.1 Å². The summed E-state index contributed by atoms with van der Waals surface area (Å²) in [6.07, 6.45) is 1.48. The van der Waals surface area contributed by atoms with E-state index in [1.54, 1.807) is 13.8 Å². The Kier molecular flexibility index (Phi) is 6.46. The number of imide groups is 1. The number of nitrogens with zero attached hydrogens (tertiary/aromatic N) is 2. The average Bonchev–Trinajstić information content (AvgIpc) is 2.93. The normalized spacial score (nSPS) is 15.3. The van der Waals surface area contributed by atoms with Crippen molar-refractivity contribution in [1.29, 1.82) is 0 Å². The van der Waals surface area contributed by atoms with Gasteiger partial charge in [0.15, 0.2) is 0 Å². The maximum absolute atomic E-state index is 12.1. The van der Waals surface area contributed by atoms with Crippen LogP contribution >= 0.6 is 0 Å². The van der Waals surface area contributed by atoms with Crippen molar-refractivity contribution >= 4 is 24.1 Å². The van der Waals surface area contributed by atoms with Crippen LogP contribution in [0.5, 0.6) is 5.75 Å². The molecule has 0 aliphatic carbocycles. The van der Waals surface area contributed by atoms with Gasteiger partial charge in [-0.25, -0.2) is 10.2 Å². The summed E-state index contributed by atoms with van der Waals surface area (Å²) in [5.41, 5.74) is 3.33. The van der Waals surface area contributed by atoms with Gasteiger partial charge < -0.3 is 10.1 Å². The average molecular weight is 408 g/mol. The fraction of sp³-hybridized carbons (Fsp3) is 0.273. The van der Waals surface area contributed by atoms with Crippen molar-refractivity contribution in [2.75, 3.05) is 6.54 Å². The summed E-state index contributed by atoms with van der Waals surface area (Å²) in [5.74, 6) is -0.00531. The predicted octanol–water partition coefficient (Wildman–Crippen LogP) is 2.44. The van der Waals surface area contributed by atoms with E-state index in [9.17, 15) is 14.4 Å². The predicted molar refractivity (Wildman–Crippen MR) is 112 cm³/mol. The smallest absolute Gasteiger partial charge is 0.325 e. The van der Waals surface area contributed by atoms with E-state index in [1.807, 2.05) is 54.6 Å². The molecule has 0 bridgehead atoms. The molecule has 0 unspecified atom stereocenters. The van der Waals surface area contributed by atoms with Gasteiger partial charge >= 0.3 is 6.03 Å². The summed E-state index contributed by atoms with van der Waals surface area (Å²) in [6.45, 7) is 3.73. The van der Waals surface area contributed by atoms with Crippen molar-refractivity contribution in [1.82, 2.24) is 15.6 Å². The van der Waals surface area contributed by atoms with E-state index < -0.39 is 11.6 Å². The molecule has 1 saturated heterocycles. The first-order chi connectivity index (χ1) is 14.3. The van der Waals surface area contributed by atoms with E-state index in [0.29, 0.717) is 6.61 Å². The fourth-order valence-electron chi connectivity index (χ4n) is 2.86. The molecule has 1 heterocycles. The third-order valence-corrected chi connectivity index (χ3v) is 4.54. The number of nitrogens with one attached hydrogen (secondary N) is 2. The lowest BCUT2D eigenvalue weighted by Crippen LogP contribution is -2.40. The molecule has 2 aromatic rings. The number of carbonyl (C=O) groups is 3. The number of urea groups is 1. The zero-order chi connectivity index (χ0) is 21.6. The highest BCUT2D eigenvalue weighted by molar-refractivity contribution is 6.06. The van der Waals surface area contributed by atoms with Crippen molar-refractivity contribution in [3.63, 3.8) is 0 Å². The van der Waals surface area contributed by atoms with Crippen molar-refractivity contribution in [3.05, 3.63) is 65.7 Å². The number of hydrogen-bond donors (Lipinski definition) is 2. The molecule has 2 N–H and O–H groups in total. The van der Waals surface area contributed by atoms with Crippen LogP contribution in [-0.4, -0.2) is 41.0 Å². The number of rotatable bonds is 8. The van der Waals surface area contributed by atoms with Gasteiger partial charge in [0.2, 0.25) is 5.91 Å². The van der Waals surface area contributed by atoms with Gasteiger partial charge in [-0.1, -0.05) is 30.3 Å². The van der Waals surface area contributed by atoms with Crippen LogP contribution in [0.15, 0.2) is 59.7 Å². The first kappa shape index (κ1) is 21.0. The minimum atomic E-state index is -0.942. The number of amides is 4. The van der Waals surface area contributed by atoms with E-state index in [4.69, 9.17) is 4.74 Å². The summed E-state index contributed by atoms with van der Waals surface area (Å²) in [7, 11) is 0. The topological polar surface area (TPSA) is 100 Å². The molecule has 0 saturated carbocycles. The SMILES string of the molecule is CC1(C)NC(=O)N(CCC(=O)N/N=C\c2ccc(OCc3ccccc3)cc2)C1=O. The molecule has 2 aromatic carbocycles. The van der Waals surface area contributed by atoms with E-state index in [1.165, 1.54) is 6.21 Å². The van der Waals surface area contributed by atoms with Gasteiger partial charge in [-0.2, -0.15) is 5.10 Å². The largest absolute Gasteiger partial charge is 0.489 e. The monoisotopic (exact) mass is 408 g/mol. The molecule has 8 nitrogen and oxygen atoms in total. The summed E-state index contributed by atoms with van der Waals surface area (Å²) in [6, 6.07) is 16.7. The number of hydrazone groups is 1. The second-order valence-electron chi connectivity index (χ2n) is 7.40. The zero-order valence-corrected chi connectivity index (χ0v) is 16.9. The van der Waals surface area contributed by atoms with Crippen molar-refractivity contribution in [2.24, 2.45) is 5.10 Å². The Morgan fingerprint density at radius 1 is 1.13 bits per heavy atom. The van der Waals surface area contributed by atoms with Crippen LogP contribution in [0.1, 0.15) is 31.4 Å². The highest BCUT2D eigenvalue weighted by Crippen LogP contribution is 2.16. The lowest BCUT2D eigenvalue weighted by Gasteiger charge is -2.15. The Labute approximate surface area is 174 Å². The summed E-state index contributed by atoms with van der Waals surface area (Å²) >= 11 is 0. The number of hydrogen-bond acceptors (Lipinski definition) is 5. The molecular formula is C22H24N4O4. The summed E-state index contributed by atoms with van der Waals surface area (Å²) in [5, 5.41) is 6.48. The first-order valence-corrected chi connectivity index (χ1v) is 9.58. The number of carbonyl (C=O) groups excluding carboxylic acids is 3. The Morgan fingerprint density at radius 3 is 2.47 bits per heavy atom. The summed E-state index contributed by atoms with van der Waals surface area (Å²) in [4.78, 5) is 36.8. The molecule has 0 radical (unpaired) electrons.